The number of rotatable bonds is 4. The summed E-state index contributed by atoms with van der Waals surface area (Å²) in [6.07, 6.45) is 3.49. The van der Waals surface area contributed by atoms with Gasteiger partial charge in [-0.15, -0.1) is 0 Å². The normalized spacial score (nSPS) is 11.0. The van der Waals surface area contributed by atoms with Gasteiger partial charge in [-0.3, -0.25) is 4.98 Å². The largest absolute Gasteiger partial charge is 0.359 e. The van der Waals surface area contributed by atoms with Crippen LogP contribution >= 0.6 is 12.2 Å². The fraction of sp³-hybridized carbons (Fsp3) is 0.538. The Bertz CT molecular complexity index is 341. The van der Waals surface area contributed by atoms with E-state index in [1.807, 2.05) is 12.1 Å². The minimum absolute atomic E-state index is 0.386. The molecule has 0 atom stereocenters. The van der Waals surface area contributed by atoms with Gasteiger partial charge in [-0.1, -0.05) is 27.7 Å². The van der Waals surface area contributed by atoms with E-state index in [2.05, 4.69) is 43.3 Å². The second kappa shape index (κ2) is 6.55. The van der Waals surface area contributed by atoms with Crippen LogP contribution in [0, 0.1) is 11.8 Å². The van der Waals surface area contributed by atoms with Crippen molar-refractivity contribution < 1.29 is 0 Å². The number of pyridine rings is 1. The molecule has 1 rings (SSSR count). The van der Waals surface area contributed by atoms with Crippen LogP contribution in [-0.4, -0.2) is 16.1 Å². The van der Waals surface area contributed by atoms with E-state index in [1.165, 1.54) is 0 Å². The molecule has 0 amide bonds. The highest BCUT2D eigenvalue weighted by molar-refractivity contribution is 7.80. The predicted molar refractivity (Wildman–Crippen MR) is 77.1 cm³/mol. The van der Waals surface area contributed by atoms with Crippen molar-refractivity contribution >= 4 is 23.0 Å². The van der Waals surface area contributed by atoms with Gasteiger partial charge >= 0.3 is 0 Å². The predicted octanol–water partition coefficient (Wildman–Crippen LogP) is 3.05. The fourth-order valence-corrected chi connectivity index (χ4v) is 2.11. The van der Waals surface area contributed by atoms with Crippen molar-refractivity contribution in [3.8, 4) is 0 Å². The van der Waals surface area contributed by atoms with Crippen LogP contribution in [0.3, 0.4) is 0 Å². The maximum Gasteiger partial charge on any atom is 0.171 e. The zero-order valence-corrected chi connectivity index (χ0v) is 11.7. The zero-order chi connectivity index (χ0) is 12.8. The maximum absolute atomic E-state index is 5.31. The molecule has 0 radical (unpaired) electrons. The van der Waals surface area contributed by atoms with Crippen LogP contribution in [0.1, 0.15) is 27.7 Å². The first-order valence-corrected chi connectivity index (χ1v) is 6.39. The topological polar surface area (TPSA) is 37.0 Å². The average molecular weight is 251 g/mol. The van der Waals surface area contributed by atoms with Crippen LogP contribution in [0.25, 0.3) is 0 Å². The molecule has 0 fully saturated rings. The van der Waals surface area contributed by atoms with Crippen LogP contribution in [0.15, 0.2) is 24.5 Å². The molecule has 0 saturated carbocycles. The number of anilines is 1. The molecule has 4 heteroatoms. The van der Waals surface area contributed by atoms with Gasteiger partial charge in [-0.25, -0.2) is 0 Å². The number of thiocarbonyl (C=S) groups is 1. The molecule has 0 saturated heterocycles. The fourth-order valence-electron chi connectivity index (χ4n) is 1.86. The number of hydrogen-bond acceptors (Lipinski definition) is 2. The Morgan fingerprint density at radius 2 is 1.65 bits per heavy atom. The van der Waals surface area contributed by atoms with Gasteiger partial charge in [-0.2, -0.15) is 0 Å². The third kappa shape index (κ3) is 4.69. The number of hydrogen-bond donors (Lipinski definition) is 2. The Morgan fingerprint density at radius 3 is 2.12 bits per heavy atom. The highest BCUT2D eigenvalue weighted by Gasteiger charge is 2.17. The summed E-state index contributed by atoms with van der Waals surface area (Å²) in [7, 11) is 0. The Hall–Kier alpha value is -1.16. The van der Waals surface area contributed by atoms with Crippen molar-refractivity contribution in [3.05, 3.63) is 24.5 Å². The Kier molecular flexibility index (Phi) is 5.35. The van der Waals surface area contributed by atoms with Crippen molar-refractivity contribution in [2.24, 2.45) is 11.8 Å². The molecule has 17 heavy (non-hydrogen) atoms. The first-order valence-electron chi connectivity index (χ1n) is 5.98. The lowest BCUT2D eigenvalue weighted by molar-refractivity contribution is 0.356. The number of nitrogens with zero attached hydrogens (tertiary/aromatic N) is 1. The monoisotopic (exact) mass is 251 g/mol. The van der Waals surface area contributed by atoms with E-state index in [1.54, 1.807) is 12.4 Å². The molecule has 0 unspecified atom stereocenters. The summed E-state index contributed by atoms with van der Waals surface area (Å²) >= 11 is 5.31. The van der Waals surface area contributed by atoms with E-state index in [0.29, 0.717) is 23.0 Å². The van der Waals surface area contributed by atoms with Gasteiger partial charge in [0.15, 0.2) is 5.11 Å². The molecule has 0 aliphatic carbocycles. The molecule has 0 spiro atoms. The van der Waals surface area contributed by atoms with Gasteiger partial charge < -0.3 is 10.6 Å². The smallest absolute Gasteiger partial charge is 0.171 e. The van der Waals surface area contributed by atoms with E-state index in [9.17, 15) is 0 Å². The molecule has 94 valence electrons. The van der Waals surface area contributed by atoms with Crippen molar-refractivity contribution in [1.82, 2.24) is 10.3 Å². The van der Waals surface area contributed by atoms with Crippen molar-refractivity contribution in [2.75, 3.05) is 5.32 Å². The first-order chi connectivity index (χ1) is 8.00. The lowest BCUT2D eigenvalue weighted by Gasteiger charge is -2.27. The Balaban J connectivity index is 2.54. The average Bonchev–Trinajstić information content (AvgIpc) is 2.26. The van der Waals surface area contributed by atoms with E-state index >= 15 is 0 Å². The quantitative estimate of drug-likeness (QED) is 0.807. The molecule has 3 nitrogen and oxygen atoms in total. The van der Waals surface area contributed by atoms with E-state index in [0.717, 1.165) is 5.69 Å². The molecule has 0 aliphatic rings. The summed E-state index contributed by atoms with van der Waals surface area (Å²) < 4.78 is 0. The van der Waals surface area contributed by atoms with Gasteiger partial charge in [0.2, 0.25) is 0 Å². The molecule has 2 N–H and O–H groups in total. The second-order valence-corrected chi connectivity index (χ2v) is 5.26. The molecular weight excluding hydrogens is 230 g/mol. The molecular formula is C13H21N3S. The maximum atomic E-state index is 5.31. The van der Waals surface area contributed by atoms with E-state index in [4.69, 9.17) is 12.2 Å². The standard InChI is InChI=1S/C13H21N3S/c1-9(2)12(10(3)4)16-13(17)15-11-5-7-14-8-6-11/h5-10,12H,1-4H3,(H2,14,15,16,17). The minimum Gasteiger partial charge on any atom is -0.359 e. The SMILES string of the molecule is CC(C)C(NC(=S)Nc1ccncc1)C(C)C. The van der Waals surface area contributed by atoms with Gasteiger partial charge in [0.05, 0.1) is 0 Å². The molecule has 1 heterocycles. The summed E-state index contributed by atoms with van der Waals surface area (Å²) in [6.45, 7) is 8.80. The molecule has 1 aromatic rings. The Morgan fingerprint density at radius 1 is 1.12 bits per heavy atom. The zero-order valence-electron chi connectivity index (χ0n) is 10.9. The summed E-state index contributed by atoms with van der Waals surface area (Å²) in [6, 6.07) is 4.18. The van der Waals surface area contributed by atoms with Gasteiger partial charge in [0.25, 0.3) is 0 Å². The van der Waals surface area contributed by atoms with Crippen molar-refractivity contribution in [2.45, 2.75) is 33.7 Å². The van der Waals surface area contributed by atoms with Gasteiger partial charge in [0, 0.05) is 24.1 Å². The molecule has 0 bridgehead atoms. The summed E-state index contributed by atoms with van der Waals surface area (Å²) in [4.78, 5) is 3.97. The van der Waals surface area contributed by atoms with Crippen LogP contribution in [-0.2, 0) is 0 Å². The number of aromatic nitrogens is 1. The first kappa shape index (κ1) is 13.9. The van der Waals surface area contributed by atoms with Gasteiger partial charge in [-0.05, 0) is 36.2 Å². The molecule has 1 aromatic heterocycles. The van der Waals surface area contributed by atoms with Gasteiger partial charge in [0.1, 0.15) is 0 Å². The minimum atomic E-state index is 0.386. The third-order valence-electron chi connectivity index (χ3n) is 2.67. The van der Waals surface area contributed by atoms with E-state index < -0.39 is 0 Å². The number of nitrogens with one attached hydrogen (secondary N) is 2. The van der Waals surface area contributed by atoms with Crippen LogP contribution in [0.4, 0.5) is 5.69 Å². The second-order valence-electron chi connectivity index (χ2n) is 4.85. The van der Waals surface area contributed by atoms with E-state index in [-0.39, 0.29) is 0 Å². The highest BCUT2D eigenvalue weighted by atomic mass is 32.1. The summed E-state index contributed by atoms with van der Waals surface area (Å²) in [5.41, 5.74) is 0.962. The summed E-state index contributed by atoms with van der Waals surface area (Å²) in [5, 5.41) is 7.20. The molecule has 0 aromatic carbocycles. The lowest BCUT2D eigenvalue weighted by atomic mass is 9.93. The lowest BCUT2D eigenvalue weighted by Crippen LogP contribution is -2.44. The summed E-state index contributed by atoms with van der Waals surface area (Å²) in [5.74, 6) is 1.10. The Labute approximate surface area is 109 Å². The van der Waals surface area contributed by atoms with Crippen LogP contribution < -0.4 is 10.6 Å². The van der Waals surface area contributed by atoms with Crippen LogP contribution in [0.5, 0.6) is 0 Å². The highest BCUT2D eigenvalue weighted by Crippen LogP contribution is 2.12. The molecule has 0 aliphatic heterocycles. The van der Waals surface area contributed by atoms with Crippen LogP contribution in [0.2, 0.25) is 0 Å². The van der Waals surface area contributed by atoms with Crippen molar-refractivity contribution in [1.29, 1.82) is 0 Å². The van der Waals surface area contributed by atoms with Crippen molar-refractivity contribution in [3.63, 3.8) is 0 Å². The third-order valence-corrected chi connectivity index (χ3v) is 2.89.